The number of aryl methyl sites for hydroxylation is 2. The number of rotatable bonds is 1. The van der Waals surface area contributed by atoms with Crippen LogP contribution in [0.5, 0.6) is 0 Å². The van der Waals surface area contributed by atoms with Crippen LogP contribution in [-0.2, 0) is 22.4 Å². The van der Waals surface area contributed by atoms with Crippen molar-refractivity contribution >= 4 is 22.7 Å². The van der Waals surface area contributed by atoms with Gasteiger partial charge in [-0.3, -0.25) is 9.59 Å². The minimum Gasteiger partial charge on any atom is -0.393 e. The van der Waals surface area contributed by atoms with E-state index in [0.717, 1.165) is 37.6 Å². The highest BCUT2D eigenvalue weighted by Gasteiger charge is 2.48. The van der Waals surface area contributed by atoms with E-state index in [1.807, 2.05) is 6.92 Å². The van der Waals surface area contributed by atoms with Crippen molar-refractivity contribution in [2.75, 3.05) is 0 Å². The molecule has 1 aromatic carbocycles. The highest BCUT2D eigenvalue weighted by Crippen LogP contribution is 2.39. The summed E-state index contributed by atoms with van der Waals surface area (Å²) in [6.45, 7) is 4.07. The quantitative estimate of drug-likeness (QED) is 0.647. The average molecular weight is 396 g/mol. The van der Waals surface area contributed by atoms with Crippen molar-refractivity contribution in [2.24, 2.45) is 5.92 Å². The molecule has 6 heteroatoms. The number of hydrogen-bond acceptors (Lipinski definition) is 3. The summed E-state index contributed by atoms with van der Waals surface area (Å²) in [5.41, 5.74) is 4.88. The van der Waals surface area contributed by atoms with Gasteiger partial charge in [0, 0.05) is 40.6 Å². The Morgan fingerprint density at radius 1 is 1.24 bits per heavy atom. The zero-order valence-electron chi connectivity index (χ0n) is 17.1. The van der Waals surface area contributed by atoms with Crippen LogP contribution in [0.1, 0.15) is 49.4 Å². The van der Waals surface area contributed by atoms with E-state index in [-0.39, 0.29) is 30.1 Å². The molecule has 6 nitrogen and oxygen atoms in total. The number of aliphatic hydroxyl groups excluding tert-OH is 1. The number of nitrogens with zero attached hydrogens (tertiary/aromatic N) is 1. The molecule has 3 aliphatic rings. The van der Waals surface area contributed by atoms with Crippen LogP contribution in [0.3, 0.4) is 0 Å². The van der Waals surface area contributed by atoms with E-state index in [1.54, 1.807) is 4.90 Å². The molecule has 2 saturated heterocycles. The van der Waals surface area contributed by atoms with Gasteiger partial charge in [-0.1, -0.05) is 18.6 Å². The number of carbonyl (C=O) groups excluding carboxylic acids is 2. The molecular formula is C23H29N3O3. The second-order valence-corrected chi connectivity index (χ2v) is 9.22. The van der Waals surface area contributed by atoms with Gasteiger partial charge in [-0.25, -0.2) is 0 Å². The lowest BCUT2D eigenvalue weighted by molar-refractivity contribution is -0.152. The Balaban J connectivity index is 1.30. The van der Waals surface area contributed by atoms with E-state index in [9.17, 15) is 14.7 Å². The molecule has 0 saturated carbocycles. The lowest BCUT2D eigenvalue weighted by Crippen LogP contribution is -2.57. The molecule has 5 rings (SSSR count). The van der Waals surface area contributed by atoms with Crippen LogP contribution in [0.2, 0.25) is 0 Å². The SMILES string of the molecule is Cc1ccc2[nH]c3c(c2c1)CC(NC(=O)C(=O)N1C2CCC1C(C)C(O)C2)CC3. The Kier molecular flexibility index (Phi) is 4.42. The topological polar surface area (TPSA) is 85.4 Å². The first-order chi connectivity index (χ1) is 13.9. The summed E-state index contributed by atoms with van der Waals surface area (Å²) >= 11 is 0. The Morgan fingerprint density at radius 3 is 2.90 bits per heavy atom. The maximum atomic E-state index is 13.0. The summed E-state index contributed by atoms with van der Waals surface area (Å²) in [5, 5.41) is 14.4. The Morgan fingerprint density at radius 2 is 2.07 bits per heavy atom. The Bertz CT molecular complexity index is 981. The number of aliphatic hydroxyl groups is 1. The second-order valence-electron chi connectivity index (χ2n) is 9.22. The van der Waals surface area contributed by atoms with E-state index in [0.29, 0.717) is 6.42 Å². The van der Waals surface area contributed by atoms with Gasteiger partial charge < -0.3 is 20.3 Å². The molecule has 2 aromatic rings. The second kappa shape index (κ2) is 6.87. The first kappa shape index (κ1) is 18.7. The van der Waals surface area contributed by atoms with Crippen molar-refractivity contribution < 1.29 is 14.7 Å². The molecular weight excluding hydrogens is 366 g/mol. The summed E-state index contributed by atoms with van der Waals surface area (Å²) < 4.78 is 0. The third kappa shape index (κ3) is 3.05. The molecule has 5 unspecified atom stereocenters. The van der Waals surface area contributed by atoms with E-state index >= 15 is 0 Å². The third-order valence-electron chi connectivity index (χ3n) is 7.38. The van der Waals surface area contributed by atoms with Gasteiger partial charge in [0.15, 0.2) is 0 Å². The average Bonchev–Trinajstić information content (AvgIpc) is 3.23. The molecule has 2 bridgehead atoms. The van der Waals surface area contributed by atoms with Gasteiger partial charge in [0.2, 0.25) is 0 Å². The van der Waals surface area contributed by atoms with Gasteiger partial charge in [0.25, 0.3) is 0 Å². The van der Waals surface area contributed by atoms with Crippen LogP contribution < -0.4 is 5.32 Å². The van der Waals surface area contributed by atoms with E-state index in [1.165, 1.54) is 22.2 Å². The first-order valence-corrected chi connectivity index (χ1v) is 10.8. The monoisotopic (exact) mass is 395 g/mol. The fraction of sp³-hybridized carbons (Fsp3) is 0.565. The molecule has 0 radical (unpaired) electrons. The highest BCUT2D eigenvalue weighted by atomic mass is 16.3. The molecule has 3 heterocycles. The summed E-state index contributed by atoms with van der Waals surface area (Å²) in [6.07, 6.45) is 4.43. The lowest BCUT2D eigenvalue weighted by Gasteiger charge is -2.41. The summed E-state index contributed by atoms with van der Waals surface area (Å²) in [6, 6.07) is 6.37. The third-order valence-corrected chi connectivity index (χ3v) is 7.38. The number of hydrogen-bond donors (Lipinski definition) is 3. The molecule has 2 fully saturated rings. The number of aromatic nitrogens is 1. The Labute approximate surface area is 170 Å². The summed E-state index contributed by atoms with van der Waals surface area (Å²) in [7, 11) is 0. The number of benzene rings is 1. The number of fused-ring (bicyclic) bond motifs is 5. The number of aromatic amines is 1. The normalized spacial score (nSPS) is 31.0. The molecule has 2 aliphatic heterocycles. The van der Waals surface area contributed by atoms with Crippen LogP contribution in [-0.4, -0.2) is 51.0 Å². The van der Waals surface area contributed by atoms with Crippen LogP contribution in [0, 0.1) is 12.8 Å². The standard InChI is InChI=1S/C23H29N3O3/c1-12-3-6-18-16(9-12)17-10-14(4-7-19(17)25-18)24-22(28)23(29)26-15-5-8-20(26)13(2)21(27)11-15/h3,6,9,13-15,20-21,25,27H,4-5,7-8,10-11H2,1-2H3,(H,24,28). The van der Waals surface area contributed by atoms with Gasteiger partial charge in [0.1, 0.15) is 0 Å². The van der Waals surface area contributed by atoms with Crippen LogP contribution in [0.25, 0.3) is 10.9 Å². The van der Waals surface area contributed by atoms with Crippen molar-refractivity contribution in [1.82, 2.24) is 15.2 Å². The summed E-state index contributed by atoms with van der Waals surface area (Å²) in [5.74, 6) is -0.885. The smallest absolute Gasteiger partial charge is 0.312 e. The number of H-pyrrole nitrogens is 1. The molecule has 29 heavy (non-hydrogen) atoms. The molecule has 1 aliphatic carbocycles. The zero-order chi connectivity index (χ0) is 20.3. The maximum absolute atomic E-state index is 13.0. The minimum absolute atomic E-state index is 0.000925. The highest BCUT2D eigenvalue weighted by molar-refractivity contribution is 6.35. The summed E-state index contributed by atoms with van der Waals surface area (Å²) in [4.78, 5) is 31.0. The predicted molar refractivity (Wildman–Crippen MR) is 110 cm³/mol. The molecule has 1 aromatic heterocycles. The molecule has 154 valence electrons. The predicted octanol–water partition coefficient (Wildman–Crippen LogP) is 2.21. The molecule has 0 spiro atoms. The fourth-order valence-electron chi connectivity index (χ4n) is 5.74. The van der Waals surface area contributed by atoms with Crippen LogP contribution in [0.15, 0.2) is 18.2 Å². The van der Waals surface area contributed by atoms with Gasteiger partial charge >= 0.3 is 11.8 Å². The van der Waals surface area contributed by atoms with Gasteiger partial charge in [-0.15, -0.1) is 0 Å². The van der Waals surface area contributed by atoms with E-state index in [4.69, 9.17) is 0 Å². The van der Waals surface area contributed by atoms with Crippen molar-refractivity contribution in [3.05, 3.63) is 35.0 Å². The lowest BCUT2D eigenvalue weighted by atomic mass is 9.89. The minimum atomic E-state index is -0.491. The van der Waals surface area contributed by atoms with E-state index in [2.05, 4.69) is 35.4 Å². The number of nitrogens with one attached hydrogen (secondary N) is 2. The number of amides is 2. The number of piperidine rings is 1. The zero-order valence-corrected chi connectivity index (χ0v) is 17.1. The van der Waals surface area contributed by atoms with Crippen LogP contribution in [0.4, 0.5) is 0 Å². The van der Waals surface area contributed by atoms with Crippen LogP contribution >= 0.6 is 0 Å². The number of carbonyl (C=O) groups is 2. The molecule has 3 N–H and O–H groups in total. The molecule has 5 atom stereocenters. The maximum Gasteiger partial charge on any atom is 0.312 e. The van der Waals surface area contributed by atoms with Gasteiger partial charge in [0.05, 0.1) is 6.10 Å². The van der Waals surface area contributed by atoms with E-state index < -0.39 is 11.8 Å². The largest absolute Gasteiger partial charge is 0.393 e. The first-order valence-electron chi connectivity index (χ1n) is 10.8. The molecule has 2 amide bonds. The van der Waals surface area contributed by atoms with Crippen molar-refractivity contribution in [2.45, 2.75) is 76.6 Å². The van der Waals surface area contributed by atoms with Crippen molar-refractivity contribution in [1.29, 1.82) is 0 Å². The Hall–Kier alpha value is -2.34. The van der Waals surface area contributed by atoms with Gasteiger partial charge in [-0.2, -0.15) is 0 Å². The van der Waals surface area contributed by atoms with Crippen molar-refractivity contribution in [3.8, 4) is 0 Å². The fourth-order valence-corrected chi connectivity index (χ4v) is 5.74. The van der Waals surface area contributed by atoms with Gasteiger partial charge in [-0.05, 0) is 63.1 Å². The van der Waals surface area contributed by atoms with Crippen molar-refractivity contribution in [3.63, 3.8) is 0 Å².